The molecule has 0 heteroatoms. The molecule has 0 saturated heterocycles. The van der Waals surface area contributed by atoms with Crippen molar-refractivity contribution in [3.8, 4) is 11.8 Å². The van der Waals surface area contributed by atoms with Crippen LogP contribution in [0.25, 0.3) is 0 Å². The molecule has 2 radical (unpaired) electrons. The zero-order chi connectivity index (χ0) is 14.7. The monoisotopic (exact) mass is 276 g/mol. The van der Waals surface area contributed by atoms with E-state index in [1.165, 1.54) is 70.6 Å². The highest BCUT2D eigenvalue weighted by atomic mass is 14.0. The molecule has 0 heterocycles. The fraction of sp³-hybridized carbons (Fsp3) is 0.800. The van der Waals surface area contributed by atoms with E-state index in [0.717, 1.165) is 32.1 Å². The van der Waals surface area contributed by atoms with Crippen molar-refractivity contribution in [2.75, 3.05) is 0 Å². The molecule has 0 amide bonds. The fourth-order valence-corrected chi connectivity index (χ4v) is 2.37. The predicted octanol–water partition coefficient (Wildman–Crippen LogP) is 6.90. The lowest BCUT2D eigenvalue weighted by Crippen LogP contribution is -1.82. The Hall–Kier alpha value is -0.440. The van der Waals surface area contributed by atoms with Crippen LogP contribution >= 0.6 is 0 Å². The zero-order valence-corrected chi connectivity index (χ0v) is 13.7. The summed E-state index contributed by atoms with van der Waals surface area (Å²) in [4.78, 5) is 0. The van der Waals surface area contributed by atoms with E-state index in [9.17, 15) is 0 Å². The number of hydrogen-bond acceptors (Lipinski definition) is 0. The normalized spacial score (nSPS) is 10.3. The highest BCUT2D eigenvalue weighted by molar-refractivity contribution is 4.98. The minimum Gasteiger partial charge on any atom is -0.103 e. The van der Waals surface area contributed by atoms with Gasteiger partial charge in [0.25, 0.3) is 0 Å². The lowest BCUT2D eigenvalue weighted by Gasteiger charge is -2.01. The second kappa shape index (κ2) is 18.6. The average molecular weight is 277 g/mol. The van der Waals surface area contributed by atoms with Crippen molar-refractivity contribution in [1.29, 1.82) is 0 Å². The van der Waals surface area contributed by atoms with Gasteiger partial charge in [0, 0.05) is 12.8 Å². The third-order valence-corrected chi connectivity index (χ3v) is 3.73. The van der Waals surface area contributed by atoms with Crippen LogP contribution in [0.4, 0.5) is 0 Å². The molecular weight excluding hydrogens is 240 g/mol. The molecule has 0 bridgehead atoms. The smallest absolute Gasteiger partial charge is 0.00886 e. The Morgan fingerprint density at radius 3 is 1.20 bits per heavy atom. The lowest BCUT2D eigenvalue weighted by atomic mass is 10.0. The summed E-state index contributed by atoms with van der Waals surface area (Å²) in [5.41, 5.74) is 0. The van der Waals surface area contributed by atoms with Crippen LogP contribution in [0.3, 0.4) is 0 Å². The minimum atomic E-state index is 1.02. The average Bonchev–Trinajstić information content (AvgIpc) is 2.47. The van der Waals surface area contributed by atoms with Crippen LogP contribution in [0.1, 0.15) is 103 Å². The summed E-state index contributed by atoms with van der Waals surface area (Å²) >= 11 is 0. The van der Waals surface area contributed by atoms with Crippen LogP contribution in [0.5, 0.6) is 0 Å². The standard InChI is InChI=1S/C20H36/c1-3-5-7-9-11-13-15-17-19-20-18-16-14-12-10-8-6-4-2/h1-9,11,13-20H2. The van der Waals surface area contributed by atoms with E-state index < -0.39 is 0 Å². The van der Waals surface area contributed by atoms with Gasteiger partial charge in [-0.3, -0.25) is 0 Å². The van der Waals surface area contributed by atoms with Crippen LogP contribution in [0.2, 0.25) is 0 Å². The molecule has 0 aromatic rings. The Balaban J connectivity index is 3.00. The molecule has 0 aromatic heterocycles. The molecule has 0 aliphatic rings. The molecule has 0 atom stereocenters. The summed E-state index contributed by atoms with van der Waals surface area (Å²) in [6.45, 7) is 7.70. The van der Waals surface area contributed by atoms with Crippen LogP contribution in [0.15, 0.2) is 0 Å². The third-order valence-electron chi connectivity index (χ3n) is 3.73. The zero-order valence-electron chi connectivity index (χ0n) is 13.7. The molecule has 0 aliphatic heterocycles. The van der Waals surface area contributed by atoms with Crippen LogP contribution in [-0.4, -0.2) is 0 Å². The highest BCUT2D eigenvalue weighted by Gasteiger charge is 1.92. The number of rotatable bonds is 14. The molecule has 116 valence electrons. The first-order valence-corrected chi connectivity index (χ1v) is 8.96. The first-order chi connectivity index (χ1) is 9.91. The van der Waals surface area contributed by atoms with Crippen molar-refractivity contribution in [3.63, 3.8) is 0 Å². The summed E-state index contributed by atoms with van der Waals surface area (Å²) in [5, 5.41) is 0. The minimum absolute atomic E-state index is 1.02. The maximum atomic E-state index is 3.88. The molecule has 0 rings (SSSR count). The topological polar surface area (TPSA) is 0 Å². The molecule has 0 aliphatic carbocycles. The molecule has 0 fully saturated rings. The van der Waals surface area contributed by atoms with Crippen molar-refractivity contribution in [1.82, 2.24) is 0 Å². The quantitative estimate of drug-likeness (QED) is 0.239. The molecule has 0 unspecified atom stereocenters. The Labute approximate surface area is 129 Å². The third kappa shape index (κ3) is 17.6. The molecule has 0 nitrogen and oxygen atoms in total. The van der Waals surface area contributed by atoms with Gasteiger partial charge in [0.05, 0.1) is 0 Å². The van der Waals surface area contributed by atoms with E-state index in [2.05, 4.69) is 25.7 Å². The van der Waals surface area contributed by atoms with Gasteiger partial charge in [-0.15, -0.1) is 11.8 Å². The van der Waals surface area contributed by atoms with E-state index in [1.807, 2.05) is 0 Å². The lowest BCUT2D eigenvalue weighted by molar-refractivity contribution is 0.548. The van der Waals surface area contributed by atoms with Gasteiger partial charge in [-0.25, -0.2) is 0 Å². The molecule has 0 N–H and O–H groups in total. The van der Waals surface area contributed by atoms with Crippen LogP contribution in [-0.2, 0) is 0 Å². The largest absolute Gasteiger partial charge is 0.103 e. The van der Waals surface area contributed by atoms with E-state index in [4.69, 9.17) is 0 Å². The SMILES string of the molecule is [CH2]CCCC#CCCCCCCCCCCCCC[CH2]. The second-order valence-corrected chi connectivity index (χ2v) is 5.80. The summed E-state index contributed by atoms with van der Waals surface area (Å²) < 4.78 is 0. The summed E-state index contributed by atoms with van der Waals surface area (Å²) in [6, 6.07) is 0. The first kappa shape index (κ1) is 19.6. The first-order valence-electron chi connectivity index (χ1n) is 8.96. The van der Waals surface area contributed by atoms with Gasteiger partial charge < -0.3 is 0 Å². The van der Waals surface area contributed by atoms with E-state index in [1.54, 1.807) is 0 Å². The Kier molecular flexibility index (Phi) is 18.2. The molecule has 0 saturated carbocycles. The van der Waals surface area contributed by atoms with E-state index >= 15 is 0 Å². The number of hydrogen-bond donors (Lipinski definition) is 0. The summed E-state index contributed by atoms with van der Waals surface area (Å²) in [5.74, 6) is 6.51. The summed E-state index contributed by atoms with van der Waals surface area (Å²) in [6.07, 6.45) is 20.8. The maximum Gasteiger partial charge on any atom is 0.00886 e. The van der Waals surface area contributed by atoms with Gasteiger partial charge >= 0.3 is 0 Å². The second-order valence-electron chi connectivity index (χ2n) is 5.80. The van der Waals surface area contributed by atoms with Crippen LogP contribution in [0, 0.1) is 25.7 Å². The molecule has 0 spiro atoms. The van der Waals surface area contributed by atoms with Gasteiger partial charge in [-0.05, 0) is 12.8 Å². The van der Waals surface area contributed by atoms with Crippen molar-refractivity contribution in [2.24, 2.45) is 0 Å². The van der Waals surface area contributed by atoms with Crippen molar-refractivity contribution < 1.29 is 0 Å². The van der Waals surface area contributed by atoms with Crippen molar-refractivity contribution in [3.05, 3.63) is 13.8 Å². The Morgan fingerprint density at radius 1 is 0.400 bits per heavy atom. The van der Waals surface area contributed by atoms with Crippen LogP contribution < -0.4 is 0 Å². The van der Waals surface area contributed by atoms with E-state index in [-0.39, 0.29) is 0 Å². The van der Waals surface area contributed by atoms with Crippen molar-refractivity contribution in [2.45, 2.75) is 103 Å². The van der Waals surface area contributed by atoms with Crippen molar-refractivity contribution >= 4 is 0 Å². The molecular formula is C20H36. The van der Waals surface area contributed by atoms with Gasteiger partial charge in [-0.2, -0.15) is 0 Å². The predicted molar refractivity (Wildman–Crippen MR) is 92.4 cm³/mol. The fourth-order valence-electron chi connectivity index (χ4n) is 2.37. The van der Waals surface area contributed by atoms with Gasteiger partial charge in [0.1, 0.15) is 0 Å². The van der Waals surface area contributed by atoms with Gasteiger partial charge in [0.2, 0.25) is 0 Å². The Bertz CT molecular complexity index is 218. The van der Waals surface area contributed by atoms with Gasteiger partial charge in [-0.1, -0.05) is 90.9 Å². The van der Waals surface area contributed by atoms with Gasteiger partial charge in [0.15, 0.2) is 0 Å². The molecule has 0 aromatic carbocycles. The summed E-state index contributed by atoms with van der Waals surface area (Å²) in [7, 11) is 0. The Morgan fingerprint density at radius 2 is 0.750 bits per heavy atom. The van der Waals surface area contributed by atoms with E-state index in [0.29, 0.717) is 0 Å². The number of unbranched alkanes of at least 4 members (excludes halogenated alkanes) is 14. The highest BCUT2D eigenvalue weighted by Crippen LogP contribution is 2.12. The maximum absolute atomic E-state index is 3.88. The molecule has 20 heavy (non-hydrogen) atoms.